The molecule has 152 valence electrons. The lowest BCUT2D eigenvalue weighted by molar-refractivity contribution is -0.121. The van der Waals surface area contributed by atoms with Gasteiger partial charge in [-0.15, -0.1) is 0 Å². The van der Waals surface area contributed by atoms with Gasteiger partial charge in [-0.1, -0.05) is 0 Å². The first-order valence-electron chi connectivity index (χ1n) is 9.06. The Hall–Kier alpha value is -2.00. The van der Waals surface area contributed by atoms with Gasteiger partial charge in [-0.25, -0.2) is 8.42 Å². The van der Waals surface area contributed by atoms with Crippen molar-refractivity contribution in [1.29, 1.82) is 0 Å². The summed E-state index contributed by atoms with van der Waals surface area (Å²) in [4.78, 5) is 14.0. The van der Waals surface area contributed by atoms with E-state index in [1.54, 1.807) is 18.2 Å². The van der Waals surface area contributed by atoms with E-state index in [1.807, 2.05) is 14.1 Å². The van der Waals surface area contributed by atoms with E-state index in [0.29, 0.717) is 43.4 Å². The van der Waals surface area contributed by atoms with Gasteiger partial charge in [0.25, 0.3) is 0 Å². The van der Waals surface area contributed by atoms with Crippen molar-refractivity contribution in [2.75, 3.05) is 57.5 Å². The number of rotatable bonds is 10. The smallest absolute Gasteiger partial charge is 0.232 e. The Morgan fingerprint density at radius 2 is 1.81 bits per heavy atom. The number of anilines is 1. The number of carbonyl (C=O) groups is 1. The first-order chi connectivity index (χ1) is 12.8. The highest BCUT2D eigenvalue weighted by molar-refractivity contribution is 7.92. The second-order valence-corrected chi connectivity index (χ2v) is 8.68. The van der Waals surface area contributed by atoms with Gasteiger partial charge in [0.15, 0.2) is 11.5 Å². The Bertz CT molecular complexity index is 737. The van der Waals surface area contributed by atoms with Crippen LogP contribution in [0.15, 0.2) is 18.2 Å². The molecule has 0 radical (unpaired) electrons. The number of fused-ring (bicyclic) bond motifs is 1. The SMILES string of the molecule is CN(C)CCCNC(=O)CCCN(c1ccc2c(c1)OCCO2)S(C)(=O)=O. The quantitative estimate of drug-likeness (QED) is 0.592. The summed E-state index contributed by atoms with van der Waals surface area (Å²) < 4.78 is 36.7. The summed E-state index contributed by atoms with van der Waals surface area (Å²) in [5.74, 6) is 1.07. The van der Waals surface area contributed by atoms with E-state index in [9.17, 15) is 13.2 Å². The molecule has 0 bridgehead atoms. The minimum absolute atomic E-state index is 0.0654. The summed E-state index contributed by atoms with van der Waals surface area (Å²) in [6, 6.07) is 5.06. The molecule has 1 amide bonds. The molecule has 0 aromatic heterocycles. The van der Waals surface area contributed by atoms with Crippen molar-refractivity contribution in [3.8, 4) is 11.5 Å². The molecule has 0 spiro atoms. The Balaban J connectivity index is 1.89. The van der Waals surface area contributed by atoms with E-state index < -0.39 is 10.0 Å². The summed E-state index contributed by atoms with van der Waals surface area (Å²) in [6.07, 6.45) is 2.75. The highest BCUT2D eigenvalue weighted by atomic mass is 32.2. The zero-order chi connectivity index (χ0) is 19.9. The Kier molecular flexibility index (Phi) is 7.73. The zero-order valence-corrected chi connectivity index (χ0v) is 17.0. The van der Waals surface area contributed by atoms with Gasteiger partial charge in [-0.2, -0.15) is 0 Å². The number of amides is 1. The highest BCUT2D eigenvalue weighted by Crippen LogP contribution is 2.34. The van der Waals surface area contributed by atoms with Crippen molar-refractivity contribution in [3.05, 3.63) is 18.2 Å². The monoisotopic (exact) mass is 399 g/mol. The average Bonchev–Trinajstić information content (AvgIpc) is 2.61. The lowest BCUT2D eigenvalue weighted by Gasteiger charge is -2.25. The standard InChI is InChI=1S/C18H29N3O5S/c1-20(2)10-5-9-19-18(22)6-4-11-21(27(3,23)24)15-7-8-16-17(14-15)26-13-12-25-16/h7-8,14H,4-6,9-13H2,1-3H3,(H,19,22). The van der Waals surface area contributed by atoms with Crippen LogP contribution in [0.5, 0.6) is 11.5 Å². The molecule has 0 fully saturated rings. The van der Waals surface area contributed by atoms with Crippen molar-refractivity contribution >= 4 is 21.6 Å². The molecule has 9 heteroatoms. The van der Waals surface area contributed by atoms with Gasteiger partial charge in [0.2, 0.25) is 15.9 Å². The van der Waals surface area contributed by atoms with Crippen LogP contribution in [-0.2, 0) is 14.8 Å². The van der Waals surface area contributed by atoms with Crippen LogP contribution in [-0.4, -0.2) is 72.4 Å². The van der Waals surface area contributed by atoms with E-state index in [-0.39, 0.29) is 18.9 Å². The summed E-state index contributed by atoms with van der Waals surface area (Å²) in [6.45, 7) is 2.67. The minimum atomic E-state index is -3.47. The number of nitrogens with zero attached hydrogens (tertiary/aromatic N) is 2. The molecule has 8 nitrogen and oxygen atoms in total. The van der Waals surface area contributed by atoms with Gasteiger partial charge >= 0.3 is 0 Å². The Labute approximate surface area is 161 Å². The van der Waals surface area contributed by atoms with Crippen LogP contribution in [0.3, 0.4) is 0 Å². The van der Waals surface area contributed by atoms with Crippen LogP contribution in [0.4, 0.5) is 5.69 Å². The number of hydrogen-bond donors (Lipinski definition) is 1. The van der Waals surface area contributed by atoms with Crippen molar-refractivity contribution in [2.24, 2.45) is 0 Å². The molecule has 1 aromatic carbocycles. The average molecular weight is 400 g/mol. The number of ether oxygens (including phenoxy) is 2. The fourth-order valence-corrected chi connectivity index (χ4v) is 3.73. The largest absolute Gasteiger partial charge is 0.486 e. The number of nitrogens with one attached hydrogen (secondary N) is 1. The Morgan fingerprint density at radius 1 is 1.11 bits per heavy atom. The van der Waals surface area contributed by atoms with Crippen molar-refractivity contribution < 1.29 is 22.7 Å². The lowest BCUT2D eigenvalue weighted by Crippen LogP contribution is -2.32. The predicted molar refractivity (Wildman–Crippen MR) is 105 cm³/mol. The Morgan fingerprint density at radius 3 is 2.48 bits per heavy atom. The molecule has 1 N–H and O–H groups in total. The van der Waals surface area contributed by atoms with Crippen LogP contribution < -0.4 is 19.1 Å². The van der Waals surface area contributed by atoms with Crippen molar-refractivity contribution in [3.63, 3.8) is 0 Å². The molecule has 1 heterocycles. The molecule has 0 saturated carbocycles. The summed E-state index contributed by atoms with van der Waals surface area (Å²) in [5.41, 5.74) is 0.508. The summed E-state index contributed by atoms with van der Waals surface area (Å²) in [7, 11) is 0.498. The first kappa shape index (κ1) is 21.3. The van der Waals surface area contributed by atoms with E-state index in [0.717, 1.165) is 19.2 Å². The van der Waals surface area contributed by atoms with E-state index in [1.165, 1.54) is 4.31 Å². The lowest BCUT2D eigenvalue weighted by atomic mass is 10.2. The van der Waals surface area contributed by atoms with Gasteiger partial charge in [-0.05, 0) is 45.6 Å². The predicted octanol–water partition coefficient (Wildman–Crippen LogP) is 1.07. The van der Waals surface area contributed by atoms with Crippen LogP contribution in [0.25, 0.3) is 0 Å². The van der Waals surface area contributed by atoms with Crippen molar-refractivity contribution in [2.45, 2.75) is 19.3 Å². The molecule has 1 aliphatic rings. The third-order valence-electron chi connectivity index (χ3n) is 4.08. The third-order valence-corrected chi connectivity index (χ3v) is 5.28. The molecule has 27 heavy (non-hydrogen) atoms. The normalized spacial score (nSPS) is 13.5. The minimum Gasteiger partial charge on any atom is -0.486 e. The second-order valence-electron chi connectivity index (χ2n) is 6.77. The molecule has 1 aliphatic heterocycles. The van der Waals surface area contributed by atoms with Crippen LogP contribution in [0, 0.1) is 0 Å². The second kappa shape index (κ2) is 9.80. The molecule has 1 aromatic rings. The van der Waals surface area contributed by atoms with Gasteiger partial charge in [-0.3, -0.25) is 9.10 Å². The molecule has 0 unspecified atom stereocenters. The molecule has 0 atom stereocenters. The fraction of sp³-hybridized carbons (Fsp3) is 0.611. The van der Waals surface area contributed by atoms with Crippen LogP contribution >= 0.6 is 0 Å². The molecule has 2 rings (SSSR count). The summed E-state index contributed by atoms with van der Waals surface area (Å²) >= 11 is 0. The molecule has 0 saturated heterocycles. The van der Waals surface area contributed by atoms with Crippen LogP contribution in [0.2, 0.25) is 0 Å². The number of sulfonamides is 1. The van der Waals surface area contributed by atoms with Crippen molar-refractivity contribution in [1.82, 2.24) is 10.2 Å². The topological polar surface area (TPSA) is 88.2 Å². The maximum atomic E-state index is 12.2. The maximum absolute atomic E-state index is 12.2. The highest BCUT2D eigenvalue weighted by Gasteiger charge is 2.20. The summed E-state index contributed by atoms with van der Waals surface area (Å²) in [5, 5.41) is 2.86. The number of hydrogen-bond acceptors (Lipinski definition) is 6. The zero-order valence-electron chi connectivity index (χ0n) is 16.2. The van der Waals surface area contributed by atoms with E-state index >= 15 is 0 Å². The van der Waals surface area contributed by atoms with E-state index in [2.05, 4.69) is 10.2 Å². The van der Waals surface area contributed by atoms with Gasteiger partial charge < -0.3 is 19.7 Å². The number of carbonyl (C=O) groups excluding carboxylic acids is 1. The molecule has 0 aliphatic carbocycles. The number of benzene rings is 1. The fourth-order valence-electron chi connectivity index (χ4n) is 2.77. The van der Waals surface area contributed by atoms with Gasteiger partial charge in [0.05, 0.1) is 11.9 Å². The first-order valence-corrected chi connectivity index (χ1v) is 10.9. The molecular formula is C18H29N3O5S. The van der Waals surface area contributed by atoms with Gasteiger partial charge in [0, 0.05) is 25.6 Å². The third kappa shape index (κ3) is 6.91. The van der Waals surface area contributed by atoms with E-state index in [4.69, 9.17) is 9.47 Å². The maximum Gasteiger partial charge on any atom is 0.232 e. The molecular weight excluding hydrogens is 370 g/mol. The van der Waals surface area contributed by atoms with Crippen LogP contribution in [0.1, 0.15) is 19.3 Å². The van der Waals surface area contributed by atoms with Gasteiger partial charge in [0.1, 0.15) is 13.2 Å².